The van der Waals surface area contributed by atoms with E-state index in [1.54, 1.807) is 42.9 Å². The minimum Gasteiger partial charge on any atom is -0.467 e. The molecule has 3 aromatic rings. The molecule has 0 spiro atoms. The van der Waals surface area contributed by atoms with E-state index in [4.69, 9.17) is 13.6 Å². The summed E-state index contributed by atoms with van der Waals surface area (Å²) in [4.78, 5) is 25.4. The van der Waals surface area contributed by atoms with Crippen LogP contribution >= 0.6 is 0 Å². The Morgan fingerprint density at radius 2 is 1.97 bits per heavy atom. The van der Waals surface area contributed by atoms with Gasteiger partial charge >= 0.3 is 5.97 Å². The summed E-state index contributed by atoms with van der Waals surface area (Å²) in [6.07, 6.45) is 3.55. The summed E-state index contributed by atoms with van der Waals surface area (Å²) < 4.78 is 18.3. The summed E-state index contributed by atoms with van der Waals surface area (Å²) in [5.74, 6) is 0.230. The van der Waals surface area contributed by atoms with Crippen LogP contribution in [0.2, 0.25) is 0 Å². The maximum absolute atomic E-state index is 12.9. The number of hydrogen-bond acceptors (Lipinski definition) is 6. The van der Waals surface area contributed by atoms with Crippen molar-refractivity contribution in [3.63, 3.8) is 0 Å². The largest absolute Gasteiger partial charge is 0.467 e. The lowest BCUT2D eigenvalue weighted by Crippen LogP contribution is -2.31. The van der Waals surface area contributed by atoms with Crippen LogP contribution in [-0.4, -0.2) is 33.8 Å². The van der Waals surface area contributed by atoms with Gasteiger partial charge in [0, 0.05) is 24.4 Å². The minimum atomic E-state index is -0.528. The number of furan rings is 2. The first-order valence-corrected chi connectivity index (χ1v) is 9.80. The van der Waals surface area contributed by atoms with E-state index in [1.807, 2.05) is 25.3 Å². The second-order valence-electron chi connectivity index (χ2n) is 7.10. The van der Waals surface area contributed by atoms with Crippen molar-refractivity contribution in [2.24, 2.45) is 5.10 Å². The van der Waals surface area contributed by atoms with Crippen LogP contribution in [0.3, 0.4) is 0 Å². The molecule has 1 amide bonds. The smallest absolute Gasteiger partial charge is 0.340 e. The average Bonchev–Trinajstić information content (AvgIpc) is 3.51. The van der Waals surface area contributed by atoms with E-state index in [0.29, 0.717) is 29.2 Å². The molecule has 8 nitrogen and oxygen atoms in total. The van der Waals surface area contributed by atoms with Crippen molar-refractivity contribution in [2.45, 2.75) is 39.8 Å². The number of hydrogen-bond donors (Lipinski definition) is 0. The molecular weight excluding hydrogens is 386 g/mol. The van der Waals surface area contributed by atoms with Crippen molar-refractivity contribution in [3.8, 4) is 0 Å². The SMILES string of the molecule is CCn1c(C)cc(C(=O)OCC(=O)N2N=C(c3ccco3)CC2c2ccco2)c1C. The minimum absolute atomic E-state index is 0.416. The lowest BCUT2D eigenvalue weighted by Gasteiger charge is -2.19. The van der Waals surface area contributed by atoms with Gasteiger partial charge in [-0.05, 0) is 51.1 Å². The Morgan fingerprint density at radius 3 is 2.60 bits per heavy atom. The molecule has 8 heteroatoms. The fraction of sp³-hybridized carbons (Fsp3) is 0.318. The molecule has 0 aromatic carbocycles. The van der Waals surface area contributed by atoms with Crippen molar-refractivity contribution in [1.82, 2.24) is 9.58 Å². The lowest BCUT2D eigenvalue weighted by molar-refractivity contribution is -0.136. The van der Waals surface area contributed by atoms with Gasteiger partial charge < -0.3 is 18.1 Å². The Bertz CT molecular complexity index is 1080. The summed E-state index contributed by atoms with van der Waals surface area (Å²) in [6.45, 7) is 6.15. The molecule has 0 radical (unpaired) electrons. The lowest BCUT2D eigenvalue weighted by atomic mass is 10.1. The number of rotatable bonds is 6. The molecule has 1 unspecified atom stereocenters. The summed E-state index contributed by atoms with van der Waals surface area (Å²) in [5.41, 5.74) is 2.89. The second kappa shape index (κ2) is 8.06. The summed E-state index contributed by atoms with van der Waals surface area (Å²) in [6, 6.07) is 8.45. The van der Waals surface area contributed by atoms with E-state index in [2.05, 4.69) is 5.10 Å². The first kappa shape index (κ1) is 19.8. The van der Waals surface area contributed by atoms with E-state index in [9.17, 15) is 9.59 Å². The number of aryl methyl sites for hydroxylation is 1. The topological polar surface area (TPSA) is 90.2 Å². The van der Waals surface area contributed by atoms with Gasteiger partial charge in [-0.15, -0.1) is 0 Å². The summed E-state index contributed by atoms with van der Waals surface area (Å²) in [5, 5.41) is 5.72. The van der Waals surface area contributed by atoms with Gasteiger partial charge in [-0.1, -0.05) is 0 Å². The Balaban J connectivity index is 1.50. The molecule has 4 heterocycles. The normalized spacial score (nSPS) is 16.0. The van der Waals surface area contributed by atoms with Crippen molar-refractivity contribution in [2.75, 3.05) is 6.61 Å². The Labute approximate surface area is 173 Å². The number of aromatic nitrogens is 1. The molecule has 0 saturated heterocycles. The van der Waals surface area contributed by atoms with Crippen LogP contribution in [0.1, 0.15) is 52.7 Å². The zero-order valence-electron chi connectivity index (χ0n) is 17.1. The predicted molar refractivity (Wildman–Crippen MR) is 108 cm³/mol. The predicted octanol–water partition coefficient (Wildman–Crippen LogP) is 3.85. The van der Waals surface area contributed by atoms with Crippen molar-refractivity contribution < 1.29 is 23.2 Å². The Hall–Kier alpha value is -3.55. The summed E-state index contributed by atoms with van der Waals surface area (Å²) >= 11 is 0. The van der Waals surface area contributed by atoms with Crippen molar-refractivity contribution >= 4 is 17.6 Å². The van der Waals surface area contributed by atoms with Crippen LogP contribution in [0.15, 0.2) is 56.8 Å². The monoisotopic (exact) mass is 409 g/mol. The molecule has 156 valence electrons. The standard InChI is InChI=1S/C22H23N3O5/c1-4-24-14(2)11-16(15(24)3)22(27)30-13-21(26)25-18(20-8-6-10-29-20)12-17(23-25)19-7-5-9-28-19/h5-11,18H,4,12-13H2,1-3H3. The van der Waals surface area contributed by atoms with Crippen LogP contribution in [0.5, 0.6) is 0 Å². The quantitative estimate of drug-likeness (QED) is 0.577. The highest BCUT2D eigenvalue weighted by molar-refractivity contribution is 6.01. The van der Waals surface area contributed by atoms with Gasteiger partial charge in [0.25, 0.3) is 5.91 Å². The molecular formula is C22H23N3O5. The maximum Gasteiger partial charge on any atom is 0.340 e. The number of esters is 1. The average molecular weight is 409 g/mol. The maximum atomic E-state index is 12.9. The van der Waals surface area contributed by atoms with Gasteiger partial charge in [0.05, 0.1) is 18.1 Å². The molecule has 1 atom stereocenters. The van der Waals surface area contributed by atoms with Crippen molar-refractivity contribution in [1.29, 1.82) is 0 Å². The third-order valence-corrected chi connectivity index (χ3v) is 5.28. The molecule has 0 N–H and O–H groups in total. The fourth-order valence-corrected chi connectivity index (χ4v) is 3.80. The van der Waals surface area contributed by atoms with Gasteiger partial charge in [-0.25, -0.2) is 9.80 Å². The number of carbonyl (C=O) groups is 2. The van der Waals surface area contributed by atoms with Crippen LogP contribution in [0, 0.1) is 13.8 Å². The highest BCUT2D eigenvalue weighted by Crippen LogP contribution is 2.33. The first-order valence-electron chi connectivity index (χ1n) is 9.80. The Morgan fingerprint density at radius 1 is 1.20 bits per heavy atom. The number of carbonyl (C=O) groups excluding carboxylic acids is 2. The fourth-order valence-electron chi connectivity index (χ4n) is 3.80. The van der Waals surface area contributed by atoms with Gasteiger partial charge in [0.2, 0.25) is 0 Å². The second-order valence-corrected chi connectivity index (χ2v) is 7.10. The molecule has 1 aliphatic heterocycles. The number of amides is 1. The number of hydrazone groups is 1. The van der Waals surface area contributed by atoms with Gasteiger partial charge in [0.15, 0.2) is 6.61 Å². The summed E-state index contributed by atoms with van der Waals surface area (Å²) in [7, 11) is 0. The molecule has 0 fully saturated rings. The van der Waals surface area contributed by atoms with Gasteiger partial charge in [-0.3, -0.25) is 4.79 Å². The van der Waals surface area contributed by atoms with Crippen LogP contribution < -0.4 is 0 Å². The van der Waals surface area contributed by atoms with E-state index in [1.165, 1.54) is 5.01 Å². The molecule has 0 bridgehead atoms. The number of nitrogens with zero attached hydrogens (tertiary/aromatic N) is 3. The van der Waals surface area contributed by atoms with Gasteiger partial charge in [0.1, 0.15) is 23.3 Å². The molecule has 30 heavy (non-hydrogen) atoms. The van der Waals surface area contributed by atoms with Crippen molar-refractivity contribution in [3.05, 3.63) is 71.3 Å². The van der Waals surface area contributed by atoms with Crippen LogP contribution in [0.4, 0.5) is 0 Å². The van der Waals surface area contributed by atoms with Gasteiger partial charge in [-0.2, -0.15) is 5.10 Å². The van der Waals surface area contributed by atoms with Crippen LogP contribution in [0.25, 0.3) is 0 Å². The molecule has 1 aliphatic rings. The zero-order chi connectivity index (χ0) is 21.3. The molecule has 4 rings (SSSR count). The third kappa shape index (κ3) is 3.56. The van der Waals surface area contributed by atoms with E-state index in [-0.39, 0.29) is 0 Å². The number of ether oxygens (including phenoxy) is 1. The molecule has 0 saturated carbocycles. The van der Waals surface area contributed by atoms with E-state index in [0.717, 1.165) is 17.9 Å². The third-order valence-electron chi connectivity index (χ3n) is 5.28. The highest BCUT2D eigenvalue weighted by Gasteiger charge is 2.36. The van der Waals surface area contributed by atoms with Crippen LogP contribution in [-0.2, 0) is 16.1 Å². The Kier molecular flexibility index (Phi) is 5.31. The highest BCUT2D eigenvalue weighted by atomic mass is 16.5. The molecule has 3 aromatic heterocycles. The zero-order valence-corrected chi connectivity index (χ0v) is 17.1. The first-order chi connectivity index (χ1) is 14.5. The van der Waals surface area contributed by atoms with E-state index >= 15 is 0 Å². The molecule has 0 aliphatic carbocycles. The van der Waals surface area contributed by atoms with E-state index < -0.39 is 24.5 Å².